The van der Waals surface area contributed by atoms with E-state index in [2.05, 4.69) is 21.9 Å². The number of ether oxygens (including phenoxy) is 2. The van der Waals surface area contributed by atoms with Crippen molar-refractivity contribution in [1.82, 2.24) is 5.43 Å². The molecule has 188 valence electrons. The Morgan fingerprint density at radius 2 is 1.64 bits per heavy atom. The van der Waals surface area contributed by atoms with Gasteiger partial charge in [-0.1, -0.05) is 42.0 Å². The fourth-order valence-corrected chi connectivity index (χ4v) is 3.50. The maximum absolute atomic E-state index is 12.2. The summed E-state index contributed by atoms with van der Waals surface area (Å²) >= 11 is 0. The van der Waals surface area contributed by atoms with Crippen LogP contribution >= 0.6 is 0 Å². The third-order valence-electron chi connectivity index (χ3n) is 5.39. The summed E-state index contributed by atoms with van der Waals surface area (Å²) < 4.78 is 11.7. The third-order valence-corrected chi connectivity index (χ3v) is 5.39. The van der Waals surface area contributed by atoms with Crippen molar-refractivity contribution in [2.24, 2.45) is 5.10 Å². The molecule has 3 rings (SSSR count). The second-order valence-electron chi connectivity index (χ2n) is 8.58. The lowest BCUT2D eigenvalue weighted by Crippen LogP contribution is -2.21. The van der Waals surface area contributed by atoms with E-state index in [-0.39, 0.29) is 24.7 Å². The summed E-state index contributed by atoms with van der Waals surface area (Å²) in [7, 11) is 0. The van der Waals surface area contributed by atoms with Gasteiger partial charge in [0.15, 0.2) is 11.5 Å². The first-order valence-corrected chi connectivity index (χ1v) is 12.0. The molecule has 0 bridgehead atoms. The summed E-state index contributed by atoms with van der Waals surface area (Å²) in [5.74, 6) is 0.675. The Morgan fingerprint density at radius 1 is 0.861 bits per heavy atom. The second kappa shape index (κ2) is 13.1. The van der Waals surface area contributed by atoms with Crippen molar-refractivity contribution in [3.63, 3.8) is 0 Å². The van der Waals surface area contributed by atoms with Crippen LogP contribution in [0, 0.1) is 20.8 Å². The molecule has 0 saturated heterocycles. The van der Waals surface area contributed by atoms with Crippen LogP contribution in [0.25, 0.3) is 0 Å². The highest BCUT2D eigenvalue weighted by Gasteiger charge is 2.09. The van der Waals surface area contributed by atoms with Crippen molar-refractivity contribution in [2.45, 2.75) is 47.1 Å². The first-order chi connectivity index (χ1) is 17.3. The van der Waals surface area contributed by atoms with Gasteiger partial charge in [-0.2, -0.15) is 5.10 Å². The summed E-state index contributed by atoms with van der Waals surface area (Å²) in [4.78, 5) is 24.3. The van der Waals surface area contributed by atoms with Crippen LogP contribution < -0.4 is 20.2 Å². The monoisotopic (exact) mass is 487 g/mol. The molecule has 0 heterocycles. The van der Waals surface area contributed by atoms with Crippen LogP contribution in [-0.4, -0.2) is 24.6 Å². The third kappa shape index (κ3) is 8.27. The van der Waals surface area contributed by atoms with Gasteiger partial charge in [-0.15, -0.1) is 0 Å². The Hall–Kier alpha value is -4.13. The van der Waals surface area contributed by atoms with E-state index in [1.807, 2.05) is 82.3 Å². The minimum absolute atomic E-state index is 0.0317. The largest absolute Gasteiger partial charge is 0.490 e. The van der Waals surface area contributed by atoms with Crippen molar-refractivity contribution in [3.8, 4) is 11.5 Å². The van der Waals surface area contributed by atoms with Crippen LogP contribution in [0.5, 0.6) is 11.5 Å². The number of carbonyl (C=O) groups excluding carboxylic acids is 2. The summed E-state index contributed by atoms with van der Waals surface area (Å²) in [6, 6.07) is 19.5. The predicted octanol–water partition coefficient (Wildman–Crippen LogP) is 5.46. The number of hydrogen-bond acceptors (Lipinski definition) is 5. The van der Waals surface area contributed by atoms with E-state index in [0.29, 0.717) is 24.7 Å². The predicted molar refractivity (Wildman–Crippen MR) is 143 cm³/mol. The molecule has 0 spiro atoms. The van der Waals surface area contributed by atoms with Crippen LogP contribution in [0.2, 0.25) is 0 Å². The van der Waals surface area contributed by atoms with Gasteiger partial charge < -0.3 is 14.8 Å². The van der Waals surface area contributed by atoms with Gasteiger partial charge in [-0.25, -0.2) is 5.43 Å². The number of hydrogen-bond donors (Lipinski definition) is 2. The molecule has 0 aliphatic rings. The minimum atomic E-state index is -0.342. The van der Waals surface area contributed by atoms with E-state index in [0.717, 1.165) is 27.9 Å². The number of amides is 2. The minimum Gasteiger partial charge on any atom is -0.490 e. The topological polar surface area (TPSA) is 89.0 Å². The van der Waals surface area contributed by atoms with Crippen LogP contribution in [0.3, 0.4) is 0 Å². The maximum Gasteiger partial charge on any atom is 0.240 e. The van der Waals surface area contributed by atoms with E-state index in [1.54, 1.807) is 0 Å². The number of rotatable bonds is 11. The number of aryl methyl sites for hydroxylation is 3. The number of anilines is 1. The first kappa shape index (κ1) is 26.5. The number of hydrazone groups is 1. The zero-order valence-electron chi connectivity index (χ0n) is 21.3. The lowest BCUT2D eigenvalue weighted by atomic mass is 10.1. The molecule has 36 heavy (non-hydrogen) atoms. The molecule has 0 fully saturated rings. The van der Waals surface area contributed by atoms with E-state index in [1.165, 1.54) is 11.8 Å². The molecule has 0 radical (unpaired) electrons. The standard InChI is InChI=1S/C29H33N3O4/c1-5-35-27-17-23(11-12-26(27)36-19-24-8-6-7-20(2)15-24)18-30-32-29(34)14-13-28(33)31-25-16-21(3)9-10-22(25)4/h6-12,15-18H,5,13-14,19H2,1-4H3,(H,31,33)(H,32,34). The zero-order valence-corrected chi connectivity index (χ0v) is 21.3. The van der Waals surface area contributed by atoms with E-state index < -0.39 is 0 Å². The summed E-state index contributed by atoms with van der Waals surface area (Å²) in [6.45, 7) is 8.76. The molecule has 3 aromatic rings. The van der Waals surface area contributed by atoms with Crippen LogP contribution in [-0.2, 0) is 16.2 Å². The summed E-state index contributed by atoms with van der Waals surface area (Å²) in [5.41, 5.74) is 8.26. The molecule has 0 saturated carbocycles. The molecule has 0 aliphatic heterocycles. The lowest BCUT2D eigenvalue weighted by Gasteiger charge is -2.13. The molecule has 7 nitrogen and oxygen atoms in total. The van der Waals surface area contributed by atoms with E-state index in [4.69, 9.17) is 9.47 Å². The van der Waals surface area contributed by atoms with Crippen molar-refractivity contribution in [1.29, 1.82) is 0 Å². The molecule has 0 atom stereocenters. The highest BCUT2D eigenvalue weighted by atomic mass is 16.5. The van der Waals surface area contributed by atoms with Crippen molar-refractivity contribution >= 4 is 23.7 Å². The quantitative estimate of drug-likeness (QED) is 0.278. The Morgan fingerprint density at radius 3 is 2.42 bits per heavy atom. The van der Waals surface area contributed by atoms with E-state index >= 15 is 0 Å². The average molecular weight is 488 g/mol. The molecular weight excluding hydrogens is 454 g/mol. The zero-order chi connectivity index (χ0) is 25.9. The van der Waals surface area contributed by atoms with Gasteiger partial charge in [0.1, 0.15) is 6.61 Å². The van der Waals surface area contributed by atoms with Crippen molar-refractivity contribution in [2.75, 3.05) is 11.9 Å². The first-order valence-electron chi connectivity index (χ1n) is 12.0. The highest BCUT2D eigenvalue weighted by molar-refractivity contribution is 5.94. The Balaban J connectivity index is 1.50. The highest BCUT2D eigenvalue weighted by Crippen LogP contribution is 2.29. The maximum atomic E-state index is 12.2. The van der Waals surface area contributed by atoms with Gasteiger partial charge in [0, 0.05) is 18.5 Å². The number of nitrogens with zero attached hydrogens (tertiary/aromatic N) is 1. The lowest BCUT2D eigenvalue weighted by molar-refractivity contribution is -0.124. The number of nitrogens with one attached hydrogen (secondary N) is 2. The second-order valence-corrected chi connectivity index (χ2v) is 8.58. The van der Waals surface area contributed by atoms with Crippen LogP contribution in [0.1, 0.15) is 47.6 Å². The van der Waals surface area contributed by atoms with Crippen LogP contribution in [0.15, 0.2) is 65.8 Å². The molecule has 0 unspecified atom stereocenters. The van der Waals surface area contributed by atoms with Gasteiger partial charge in [-0.05, 0) is 74.2 Å². The SMILES string of the molecule is CCOc1cc(C=NNC(=O)CCC(=O)Nc2cc(C)ccc2C)ccc1OCc1cccc(C)c1. The molecule has 0 aromatic heterocycles. The Labute approximate surface area is 212 Å². The van der Waals surface area contributed by atoms with E-state index in [9.17, 15) is 9.59 Å². The van der Waals surface area contributed by atoms with Crippen LogP contribution in [0.4, 0.5) is 5.69 Å². The summed E-state index contributed by atoms with van der Waals surface area (Å²) in [6.07, 6.45) is 1.63. The van der Waals surface area contributed by atoms with Gasteiger partial charge >= 0.3 is 0 Å². The molecule has 2 amide bonds. The molecule has 7 heteroatoms. The number of benzene rings is 3. The molecule has 3 aromatic carbocycles. The Kier molecular flexibility index (Phi) is 9.63. The Bertz CT molecular complexity index is 1240. The summed E-state index contributed by atoms with van der Waals surface area (Å²) in [5, 5.41) is 6.86. The fraction of sp³-hybridized carbons (Fsp3) is 0.276. The van der Waals surface area contributed by atoms with Gasteiger partial charge in [0.05, 0.1) is 12.8 Å². The molecule has 0 aliphatic carbocycles. The van der Waals surface area contributed by atoms with Crippen molar-refractivity contribution < 1.29 is 19.1 Å². The molecular formula is C29H33N3O4. The normalized spacial score (nSPS) is 10.8. The average Bonchev–Trinajstić information content (AvgIpc) is 2.85. The van der Waals surface area contributed by atoms with Gasteiger partial charge in [0.2, 0.25) is 11.8 Å². The molecule has 2 N–H and O–H groups in total. The van der Waals surface area contributed by atoms with Gasteiger partial charge in [-0.3, -0.25) is 9.59 Å². The smallest absolute Gasteiger partial charge is 0.240 e. The fourth-order valence-electron chi connectivity index (χ4n) is 3.50. The van der Waals surface area contributed by atoms with Gasteiger partial charge in [0.25, 0.3) is 0 Å². The number of carbonyl (C=O) groups is 2. The van der Waals surface area contributed by atoms with Crippen molar-refractivity contribution in [3.05, 3.63) is 88.5 Å².